The molecule has 310 valence electrons. The van der Waals surface area contributed by atoms with Crippen LogP contribution in [0.2, 0.25) is 29.4 Å². The zero-order valence-electron chi connectivity index (χ0n) is 37.0. The average Bonchev–Trinajstić information content (AvgIpc) is 3.17. The standard InChI is InChI=1S/C39H56N2Si.2C6H13.Pd/c1-7-10-13-15-16-17-19-28-38(37(31-41-40)25-18-14-11-8-2)39(35-26-20-23-33(29-35)22-12-9-3)36-27-21-24-34(30-36)32-42(4,5)6;2*1-3-5-6-4-2;/h20-21,23-24,26-27,29-30H,7-18,22,25,32H2,1-6H3;2*1,3-6H2,2H3;. The Balaban J connectivity index is 0.000000988. The summed E-state index contributed by atoms with van der Waals surface area (Å²) < 4.78 is 0. The van der Waals surface area contributed by atoms with E-state index in [-0.39, 0.29) is 0 Å². The summed E-state index contributed by atoms with van der Waals surface area (Å²) in [6.07, 6.45) is 27.5. The topological polar surface area (TPSA) is 36.4 Å². The molecule has 0 saturated heterocycles. The fourth-order valence-corrected chi connectivity index (χ4v) is 10.1. The van der Waals surface area contributed by atoms with Crippen LogP contribution in [-0.2, 0) is 30.4 Å². The van der Waals surface area contributed by atoms with E-state index in [9.17, 15) is 5.53 Å². The van der Waals surface area contributed by atoms with E-state index in [4.69, 9.17) is 0 Å². The van der Waals surface area contributed by atoms with E-state index >= 15 is 0 Å². The van der Waals surface area contributed by atoms with E-state index in [2.05, 4.69) is 125 Å². The molecule has 0 saturated carbocycles. The molecule has 55 heavy (non-hydrogen) atoms. The predicted molar refractivity (Wildman–Crippen MR) is 245 cm³/mol. The molecule has 0 aliphatic heterocycles. The first kappa shape index (κ1) is 50.8. The number of aryl methyl sites for hydroxylation is 1. The maximum absolute atomic E-state index is 9.74. The van der Waals surface area contributed by atoms with E-state index < -0.39 is 8.07 Å². The maximum atomic E-state index is 9.74. The summed E-state index contributed by atoms with van der Waals surface area (Å²) >= 11 is 1.07. The zero-order chi connectivity index (χ0) is 40.4. The van der Waals surface area contributed by atoms with Crippen LogP contribution in [0.25, 0.3) is 11.1 Å². The molecule has 0 fully saturated rings. The van der Waals surface area contributed by atoms with Gasteiger partial charge in [-0.05, 0) is 54.8 Å². The zero-order valence-corrected chi connectivity index (χ0v) is 39.6. The van der Waals surface area contributed by atoms with Crippen molar-refractivity contribution in [3.63, 3.8) is 0 Å². The average molecular weight is 858 g/mol. The van der Waals surface area contributed by atoms with Crippen LogP contribution < -0.4 is 0 Å². The van der Waals surface area contributed by atoms with E-state index in [1.165, 1.54) is 135 Å². The van der Waals surface area contributed by atoms with Gasteiger partial charge in [-0.1, -0.05) is 158 Å². The number of hydrogen-bond acceptors (Lipinski definition) is 0. The molecule has 0 aliphatic rings. The normalized spacial score (nSPS) is 11.5. The Morgan fingerprint density at radius 1 is 0.618 bits per heavy atom. The predicted octanol–water partition coefficient (Wildman–Crippen LogP) is 16.5. The molecule has 0 spiro atoms. The van der Waals surface area contributed by atoms with Gasteiger partial charge in [0.05, 0.1) is 11.1 Å². The van der Waals surface area contributed by atoms with Crippen molar-refractivity contribution in [3.05, 3.63) is 87.5 Å². The molecular weight excluding hydrogens is 775 g/mol. The summed E-state index contributed by atoms with van der Waals surface area (Å²) in [6.45, 7) is 18.6. The van der Waals surface area contributed by atoms with Crippen molar-refractivity contribution in [2.24, 2.45) is 0 Å². The Morgan fingerprint density at radius 2 is 1.13 bits per heavy atom. The van der Waals surface area contributed by atoms with Crippen molar-refractivity contribution in [1.82, 2.24) is 0 Å². The molecular formula is C51H82N2PdSi. The number of allylic oxidation sites excluding steroid dienone is 2. The first-order valence-corrected chi connectivity index (χ1v) is 28.5. The second-order valence-electron chi connectivity index (χ2n) is 16.6. The van der Waals surface area contributed by atoms with Crippen molar-refractivity contribution >= 4 is 19.5 Å². The Bertz CT molecular complexity index is 1450. The monoisotopic (exact) mass is 857 g/mol. The number of unbranched alkanes of at least 4 members (excludes halogenated alkanes) is 15. The minimum atomic E-state index is -1.30. The van der Waals surface area contributed by atoms with Crippen molar-refractivity contribution in [2.75, 3.05) is 0 Å². The third-order valence-electron chi connectivity index (χ3n) is 9.77. The third kappa shape index (κ3) is 25.6. The van der Waals surface area contributed by atoms with E-state index in [1.54, 1.807) is 0 Å². The van der Waals surface area contributed by atoms with Gasteiger partial charge in [-0.3, -0.25) is 0 Å². The number of benzene rings is 2. The SMILES string of the molecule is CCCCCCCC#CC(C(=C=[N+]=[N-])CCCCCC)=C(c1cccc(CCCC)c1)c1cccc(C[Si](C)(C)C)c1.CCCCC[CH2][Pd][CH2]CCCCC. The first-order valence-electron chi connectivity index (χ1n) is 22.6. The van der Waals surface area contributed by atoms with Gasteiger partial charge in [0, 0.05) is 20.1 Å². The molecule has 0 radical (unpaired) electrons. The molecule has 2 aromatic rings. The molecule has 0 aliphatic carbocycles. The molecule has 0 unspecified atom stereocenters. The Labute approximate surface area is 351 Å². The van der Waals surface area contributed by atoms with Gasteiger partial charge >= 0.3 is 98.9 Å². The van der Waals surface area contributed by atoms with Crippen molar-refractivity contribution < 1.29 is 22.8 Å². The van der Waals surface area contributed by atoms with Gasteiger partial charge in [-0.2, -0.15) is 0 Å². The summed E-state index contributed by atoms with van der Waals surface area (Å²) in [6, 6.07) is 19.3. The molecule has 2 rings (SSSR count). The molecule has 2 aromatic carbocycles. The van der Waals surface area contributed by atoms with Gasteiger partial charge in [-0.15, -0.1) is 4.79 Å². The number of hydrogen-bond donors (Lipinski definition) is 0. The Morgan fingerprint density at radius 3 is 1.67 bits per heavy atom. The molecule has 0 bridgehead atoms. The quantitative estimate of drug-likeness (QED) is 0.0155. The first-order chi connectivity index (χ1) is 26.7. The van der Waals surface area contributed by atoms with Gasteiger partial charge in [0.2, 0.25) is 0 Å². The summed E-state index contributed by atoms with van der Waals surface area (Å²) in [4.78, 5) is 6.50. The minimum absolute atomic E-state index is 0.804. The van der Waals surface area contributed by atoms with Crippen LogP contribution in [0.15, 0.2) is 59.7 Å². The van der Waals surface area contributed by atoms with Crippen LogP contribution in [0.3, 0.4) is 0 Å². The molecule has 0 heterocycles. The Hall–Kier alpha value is -2.22. The van der Waals surface area contributed by atoms with E-state index in [1.807, 2.05) is 0 Å². The van der Waals surface area contributed by atoms with Gasteiger partial charge in [0.25, 0.3) is 0 Å². The second-order valence-corrected chi connectivity index (χ2v) is 24.4. The summed E-state index contributed by atoms with van der Waals surface area (Å²) in [5.74, 6) is 10.2. The van der Waals surface area contributed by atoms with Gasteiger partial charge in [0.1, 0.15) is 0 Å². The summed E-state index contributed by atoms with van der Waals surface area (Å²) in [5, 5.41) is 0. The van der Waals surface area contributed by atoms with Crippen LogP contribution in [0.4, 0.5) is 0 Å². The molecule has 0 aromatic heterocycles. The van der Waals surface area contributed by atoms with Crippen LogP contribution in [0.1, 0.15) is 192 Å². The van der Waals surface area contributed by atoms with E-state index in [0.29, 0.717) is 0 Å². The Kier molecular flexibility index (Phi) is 31.3. The number of rotatable bonds is 28. The number of nitrogens with zero attached hydrogens (tertiary/aromatic N) is 2. The fourth-order valence-electron chi connectivity index (χ4n) is 6.70. The molecule has 0 atom stereocenters. The van der Waals surface area contributed by atoms with Crippen molar-refractivity contribution in [3.8, 4) is 11.8 Å². The third-order valence-corrected chi connectivity index (χ3v) is 13.4. The molecule has 0 amide bonds. The van der Waals surface area contributed by atoms with Crippen molar-refractivity contribution in [1.29, 1.82) is 0 Å². The molecule has 0 N–H and O–H groups in total. The summed E-state index contributed by atoms with van der Waals surface area (Å²) in [7, 11) is -1.30. The van der Waals surface area contributed by atoms with Crippen molar-refractivity contribution in [2.45, 2.75) is 211 Å². The second kappa shape index (κ2) is 33.9. The van der Waals surface area contributed by atoms with Crippen LogP contribution in [0.5, 0.6) is 0 Å². The van der Waals surface area contributed by atoms with Gasteiger partial charge in [-0.25, -0.2) is 0 Å². The van der Waals surface area contributed by atoms with Gasteiger partial charge in [0.15, 0.2) is 0 Å². The van der Waals surface area contributed by atoms with Crippen LogP contribution in [0, 0.1) is 11.8 Å². The fraction of sp³-hybridized carbons (Fsp3) is 0.647. The van der Waals surface area contributed by atoms with Crippen LogP contribution in [-0.4, -0.2) is 18.7 Å². The van der Waals surface area contributed by atoms with Crippen LogP contribution >= 0.6 is 0 Å². The van der Waals surface area contributed by atoms with Gasteiger partial charge < -0.3 is 5.53 Å². The molecule has 2 nitrogen and oxygen atoms in total. The molecule has 4 heteroatoms. The van der Waals surface area contributed by atoms with E-state index in [0.717, 1.165) is 79.3 Å². The summed E-state index contributed by atoms with van der Waals surface area (Å²) in [5.41, 5.74) is 17.9.